The van der Waals surface area contributed by atoms with E-state index in [1.165, 1.54) is 4.31 Å². The van der Waals surface area contributed by atoms with Crippen LogP contribution in [0.4, 0.5) is 5.69 Å². The summed E-state index contributed by atoms with van der Waals surface area (Å²) in [6.07, 6.45) is 2.18. The molecule has 30 heavy (non-hydrogen) atoms. The molecule has 1 fully saturated rings. The molecule has 0 bridgehead atoms. The topological polar surface area (TPSA) is 102 Å². The second-order valence-electron chi connectivity index (χ2n) is 7.02. The van der Waals surface area contributed by atoms with Gasteiger partial charge in [-0.05, 0) is 54.8 Å². The Hall–Kier alpha value is -2.91. The van der Waals surface area contributed by atoms with Gasteiger partial charge in [0.1, 0.15) is 18.4 Å². The smallest absolute Gasteiger partial charge is 0.324 e. The number of nitrogens with one attached hydrogen (secondary N) is 1. The Morgan fingerprint density at radius 2 is 1.77 bits per heavy atom. The molecule has 1 aliphatic heterocycles. The van der Waals surface area contributed by atoms with E-state index in [0.717, 1.165) is 6.26 Å². The number of sulfonamides is 1. The summed E-state index contributed by atoms with van der Waals surface area (Å²) in [4.78, 5) is 24.7. The van der Waals surface area contributed by atoms with E-state index < -0.39 is 22.0 Å². The van der Waals surface area contributed by atoms with Crippen molar-refractivity contribution in [3.05, 3.63) is 59.7 Å². The highest BCUT2D eigenvalue weighted by Crippen LogP contribution is 2.22. The van der Waals surface area contributed by atoms with Gasteiger partial charge in [0.15, 0.2) is 0 Å². The van der Waals surface area contributed by atoms with Gasteiger partial charge in [-0.1, -0.05) is 12.1 Å². The Morgan fingerprint density at radius 3 is 2.37 bits per heavy atom. The van der Waals surface area contributed by atoms with Crippen LogP contribution in [-0.4, -0.2) is 50.6 Å². The fourth-order valence-corrected chi connectivity index (χ4v) is 4.37. The first-order chi connectivity index (χ1) is 14.3. The molecule has 9 heteroatoms. The van der Waals surface area contributed by atoms with E-state index in [2.05, 4.69) is 5.32 Å². The summed E-state index contributed by atoms with van der Waals surface area (Å²) in [7, 11) is -1.87. The van der Waals surface area contributed by atoms with Crippen molar-refractivity contribution in [3.63, 3.8) is 0 Å². The maximum Gasteiger partial charge on any atom is 0.324 e. The Labute approximate surface area is 175 Å². The van der Waals surface area contributed by atoms with Crippen molar-refractivity contribution in [2.24, 2.45) is 0 Å². The van der Waals surface area contributed by atoms with Crippen LogP contribution < -0.4 is 10.1 Å². The van der Waals surface area contributed by atoms with Gasteiger partial charge in [0.2, 0.25) is 10.0 Å². The van der Waals surface area contributed by atoms with Crippen LogP contribution in [0, 0.1) is 0 Å². The van der Waals surface area contributed by atoms with Gasteiger partial charge in [0.05, 0.1) is 13.4 Å². The summed E-state index contributed by atoms with van der Waals surface area (Å²) >= 11 is 0. The Morgan fingerprint density at radius 1 is 1.10 bits per heavy atom. The van der Waals surface area contributed by atoms with E-state index in [-0.39, 0.29) is 12.5 Å². The fraction of sp³-hybridized carbons (Fsp3) is 0.333. The molecule has 0 aromatic heterocycles. The van der Waals surface area contributed by atoms with Crippen molar-refractivity contribution in [2.75, 3.05) is 25.2 Å². The summed E-state index contributed by atoms with van der Waals surface area (Å²) in [5.41, 5.74) is 1.80. The first-order valence-corrected chi connectivity index (χ1v) is 11.3. The highest BCUT2D eigenvalue weighted by molar-refractivity contribution is 7.88. The predicted octanol–water partition coefficient (Wildman–Crippen LogP) is 2.41. The molecule has 1 N–H and O–H groups in total. The molecule has 1 atom stereocenters. The number of amides is 1. The van der Waals surface area contributed by atoms with Gasteiger partial charge in [-0.15, -0.1) is 0 Å². The monoisotopic (exact) mass is 432 g/mol. The molecule has 8 nitrogen and oxygen atoms in total. The zero-order valence-corrected chi connectivity index (χ0v) is 17.6. The molecule has 2 aromatic carbocycles. The quantitative estimate of drug-likeness (QED) is 0.674. The van der Waals surface area contributed by atoms with Crippen molar-refractivity contribution >= 4 is 27.6 Å². The molecule has 1 heterocycles. The molecule has 1 aliphatic rings. The third-order valence-corrected chi connectivity index (χ3v) is 6.14. The van der Waals surface area contributed by atoms with Gasteiger partial charge in [0, 0.05) is 17.8 Å². The van der Waals surface area contributed by atoms with Crippen LogP contribution in [0.3, 0.4) is 0 Å². The Bertz CT molecular complexity index is 1000. The molecule has 3 rings (SSSR count). The number of rotatable bonds is 7. The Balaban J connectivity index is 1.55. The number of methoxy groups -OCH3 is 1. The minimum Gasteiger partial charge on any atom is -0.497 e. The van der Waals surface area contributed by atoms with Crippen molar-refractivity contribution in [2.45, 2.75) is 25.5 Å². The second kappa shape index (κ2) is 9.27. The van der Waals surface area contributed by atoms with Crippen LogP contribution in [0.15, 0.2) is 48.5 Å². The van der Waals surface area contributed by atoms with Crippen molar-refractivity contribution < 1.29 is 27.5 Å². The zero-order valence-electron chi connectivity index (χ0n) is 16.8. The highest BCUT2D eigenvalue weighted by Gasteiger charge is 2.37. The highest BCUT2D eigenvalue weighted by atomic mass is 32.2. The number of anilines is 1. The summed E-state index contributed by atoms with van der Waals surface area (Å²) in [6, 6.07) is 12.9. The summed E-state index contributed by atoms with van der Waals surface area (Å²) in [6.45, 7) is 0.337. The van der Waals surface area contributed by atoms with Crippen molar-refractivity contribution in [1.29, 1.82) is 0 Å². The van der Waals surface area contributed by atoms with Gasteiger partial charge in [-0.25, -0.2) is 8.42 Å². The lowest BCUT2D eigenvalue weighted by atomic mass is 10.1. The van der Waals surface area contributed by atoms with Crippen molar-refractivity contribution in [1.82, 2.24) is 4.31 Å². The third-order valence-electron chi connectivity index (χ3n) is 4.85. The molecule has 1 saturated heterocycles. The van der Waals surface area contributed by atoms with Gasteiger partial charge in [-0.3, -0.25) is 9.59 Å². The number of esters is 1. The number of carbonyl (C=O) groups excluding carboxylic acids is 2. The number of hydrogen-bond acceptors (Lipinski definition) is 6. The van der Waals surface area contributed by atoms with E-state index in [1.54, 1.807) is 55.6 Å². The van der Waals surface area contributed by atoms with Gasteiger partial charge < -0.3 is 14.8 Å². The van der Waals surface area contributed by atoms with Gasteiger partial charge in [-0.2, -0.15) is 4.31 Å². The standard InChI is InChI=1S/C21H24N2O6S/c1-28-18-11-9-17(10-12-18)22-20(24)16-7-5-15(6-8-16)14-29-21(25)19-4-3-13-23(19)30(2,26)27/h5-12,19H,3-4,13-14H2,1-2H3,(H,22,24). The number of hydrogen-bond donors (Lipinski definition) is 1. The van der Waals surface area contributed by atoms with Crippen LogP contribution in [0.5, 0.6) is 5.75 Å². The van der Waals surface area contributed by atoms with E-state index in [0.29, 0.717) is 42.0 Å². The maximum atomic E-state index is 12.4. The van der Waals surface area contributed by atoms with E-state index in [9.17, 15) is 18.0 Å². The molecule has 160 valence electrons. The SMILES string of the molecule is COc1ccc(NC(=O)c2ccc(COC(=O)C3CCCN3S(C)(=O)=O)cc2)cc1. The van der Waals surface area contributed by atoms with Crippen LogP contribution in [0.2, 0.25) is 0 Å². The summed E-state index contributed by atoms with van der Waals surface area (Å²) in [5, 5.41) is 2.79. The number of carbonyl (C=O) groups is 2. The molecule has 2 aromatic rings. The van der Waals surface area contributed by atoms with Gasteiger partial charge >= 0.3 is 5.97 Å². The second-order valence-corrected chi connectivity index (χ2v) is 8.95. The fourth-order valence-electron chi connectivity index (χ4n) is 3.25. The van der Waals surface area contributed by atoms with Crippen LogP contribution >= 0.6 is 0 Å². The lowest BCUT2D eigenvalue weighted by Gasteiger charge is -2.20. The largest absolute Gasteiger partial charge is 0.497 e. The lowest BCUT2D eigenvalue weighted by molar-refractivity contribution is -0.148. The molecular formula is C21H24N2O6S. The number of ether oxygens (including phenoxy) is 2. The van der Waals surface area contributed by atoms with E-state index in [4.69, 9.17) is 9.47 Å². The lowest BCUT2D eigenvalue weighted by Crippen LogP contribution is -2.40. The first-order valence-electron chi connectivity index (χ1n) is 9.46. The molecule has 0 aliphatic carbocycles. The van der Waals surface area contributed by atoms with Gasteiger partial charge in [0.25, 0.3) is 5.91 Å². The minimum absolute atomic E-state index is 0.00726. The van der Waals surface area contributed by atoms with Crippen LogP contribution in [0.1, 0.15) is 28.8 Å². The average Bonchev–Trinajstić information content (AvgIpc) is 3.24. The summed E-state index contributed by atoms with van der Waals surface area (Å²) in [5.74, 6) is -0.123. The Kier molecular flexibility index (Phi) is 6.73. The molecule has 0 saturated carbocycles. The molecule has 1 amide bonds. The maximum absolute atomic E-state index is 12.4. The van der Waals surface area contributed by atoms with Crippen LogP contribution in [0.25, 0.3) is 0 Å². The van der Waals surface area contributed by atoms with Crippen molar-refractivity contribution in [3.8, 4) is 5.75 Å². The molecule has 1 unspecified atom stereocenters. The zero-order chi connectivity index (χ0) is 21.7. The first kappa shape index (κ1) is 21.8. The van der Waals surface area contributed by atoms with Crippen LogP contribution in [-0.2, 0) is 26.2 Å². The number of nitrogens with zero attached hydrogens (tertiary/aromatic N) is 1. The molecule has 0 radical (unpaired) electrons. The average molecular weight is 432 g/mol. The van der Waals surface area contributed by atoms with E-state index in [1.807, 2.05) is 0 Å². The third kappa shape index (κ3) is 5.37. The summed E-state index contributed by atoms with van der Waals surface area (Å²) < 4.78 is 35.1. The molecule has 0 spiro atoms. The predicted molar refractivity (Wildman–Crippen MR) is 112 cm³/mol. The number of benzene rings is 2. The van der Waals surface area contributed by atoms with E-state index >= 15 is 0 Å². The normalized spacial score (nSPS) is 16.8. The molecular weight excluding hydrogens is 408 g/mol. The minimum atomic E-state index is -3.44.